The van der Waals surface area contributed by atoms with Crippen LogP contribution in [0.4, 0.5) is 5.69 Å². The lowest BCUT2D eigenvalue weighted by Crippen LogP contribution is -2.32. The number of methoxy groups -OCH3 is 1. The smallest absolute Gasteiger partial charge is 0.343 e. The van der Waals surface area contributed by atoms with Gasteiger partial charge in [-0.15, -0.1) is 0 Å². The summed E-state index contributed by atoms with van der Waals surface area (Å²) in [5.74, 6) is -1.45. The number of carbonyl (C=O) groups is 3. The fraction of sp³-hybridized carbons (Fsp3) is 0.120. The molecule has 2 N–H and O–H groups in total. The van der Waals surface area contributed by atoms with Crippen molar-refractivity contribution in [3.63, 3.8) is 0 Å². The summed E-state index contributed by atoms with van der Waals surface area (Å²) in [5.41, 5.74) is 5.67. The summed E-state index contributed by atoms with van der Waals surface area (Å²) in [7, 11) is 1.51. The summed E-state index contributed by atoms with van der Waals surface area (Å²) in [6, 6.07) is 18.5. The van der Waals surface area contributed by atoms with Crippen molar-refractivity contribution in [3.8, 4) is 11.5 Å². The number of nitrogens with zero attached hydrogens (tertiary/aromatic N) is 1. The minimum atomic E-state index is -0.912. The zero-order chi connectivity index (χ0) is 23.8. The molecule has 0 radical (unpaired) electrons. The lowest BCUT2D eigenvalue weighted by molar-refractivity contribution is -0.136. The fourth-order valence-electron chi connectivity index (χ4n) is 2.80. The van der Waals surface area contributed by atoms with Gasteiger partial charge in [-0.3, -0.25) is 9.59 Å². The van der Waals surface area contributed by atoms with E-state index in [1.54, 1.807) is 60.7 Å². The molecular weight excluding hydrogens is 422 g/mol. The number of hydrogen-bond acceptors (Lipinski definition) is 6. The molecule has 3 rings (SSSR count). The number of ether oxygens (including phenoxy) is 2. The maximum atomic E-state index is 12.3. The molecule has 0 aliphatic rings. The first-order chi connectivity index (χ1) is 15.9. The van der Waals surface area contributed by atoms with E-state index < -0.39 is 17.8 Å². The van der Waals surface area contributed by atoms with Gasteiger partial charge in [0.2, 0.25) is 0 Å². The number of amides is 2. The van der Waals surface area contributed by atoms with E-state index in [0.29, 0.717) is 28.3 Å². The van der Waals surface area contributed by atoms with Gasteiger partial charge >= 0.3 is 17.8 Å². The van der Waals surface area contributed by atoms with Gasteiger partial charge in [0.25, 0.3) is 0 Å². The zero-order valence-corrected chi connectivity index (χ0v) is 18.4. The zero-order valence-electron chi connectivity index (χ0n) is 18.4. The first kappa shape index (κ1) is 23.2. The van der Waals surface area contributed by atoms with Crippen LogP contribution in [0.15, 0.2) is 71.8 Å². The summed E-state index contributed by atoms with van der Waals surface area (Å²) < 4.78 is 10.5. The van der Waals surface area contributed by atoms with Crippen molar-refractivity contribution in [3.05, 3.63) is 89.0 Å². The number of benzene rings is 3. The highest BCUT2D eigenvalue weighted by Crippen LogP contribution is 2.17. The van der Waals surface area contributed by atoms with Gasteiger partial charge in [0.15, 0.2) is 0 Å². The molecule has 0 saturated carbocycles. The Labute approximate surface area is 191 Å². The van der Waals surface area contributed by atoms with Crippen LogP contribution in [0.3, 0.4) is 0 Å². The Morgan fingerprint density at radius 1 is 0.848 bits per heavy atom. The number of hydrazone groups is 1. The Hall–Kier alpha value is -4.46. The lowest BCUT2D eigenvalue weighted by atomic mass is 10.1. The van der Waals surface area contributed by atoms with Gasteiger partial charge in [-0.05, 0) is 73.0 Å². The van der Waals surface area contributed by atoms with Gasteiger partial charge in [-0.2, -0.15) is 5.10 Å². The van der Waals surface area contributed by atoms with Crippen molar-refractivity contribution in [2.45, 2.75) is 13.8 Å². The normalized spacial score (nSPS) is 10.5. The standard InChI is InChI=1S/C25H23N3O5/c1-16-10-11-20(12-17(16)2)27-23(29)24(30)28-26-15-18-6-4-9-22(13-18)33-25(31)19-7-5-8-21(14-19)32-3/h4-15H,1-3H3,(H,27,29)(H,28,30). The minimum Gasteiger partial charge on any atom is -0.497 e. The maximum Gasteiger partial charge on any atom is 0.343 e. The quantitative estimate of drug-likeness (QED) is 0.198. The molecule has 0 spiro atoms. The maximum absolute atomic E-state index is 12.3. The second-order valence-corrected chi connectivity index (χ2v) is 7.15. The van der Waals surface area contributed by atoms with E-state index in [1.807, 2.05) is 19.9 Å². The summed E-state index contributed by atoms with van der Waals surface area (Å²) in [6.45, 7) is 3.87. The molecule has 0 aliphatic heterocycles. The molecule has 168 valence electrons. The number of anilines is 1. The van der Waals surface area contributed by atoms with E-state index in [0.717, 1.165) is 11.1 Å². The number of hydrogen-bond donors (Lipinski definition) is 2. The molecule has 0 unspecified atom stereocenters. The SMILES string of the molecule is COc1cccc(C(=O)Oc2cccc(C=NNC(=O)C(=O)Nc3ccc(C)c(C)c3)c2)c1. The Balaban J connectivity index is 1.57. The van der Waals surface area contributed by atoms with Crippen molar-refractivity contribution in [1.29, 1.82) is 0 Å². The Morgan fingerprint density at radius 2 is 1.61 bits per heavy atom. The first-order valence-electron chi connectivity index (χ1n) is 10.0. The van der Waals surface area contributed by atoms with E-state index in [1.165, 1.54) is 13.3 Å². The summed E-state index contributed by atoms with van der Waals surface area (Å²) in [5, 5.41) is 6.32. The first-order valence-corrected chi connectivity index (χ1v) is 10.0. The third-order valence-electron chi connectivity index (χ3n) is 4.72. The van der Waals surface area contributed by atoms with Crippen molar-refractivity contribution in [2.24, 2.45) is 5.10 Å². The minimum absolute atomic E-state index is 0.297. The number of aryl methyl sites for hydroxylation is 2. The molecule has 2 amide bonds. The highest BCUT2D eigenvalue weighted by Gasteiger charge is 2.13. The van der Waals surface area contributed by atoms with Crippen molar-refractivity contribution in [2.75, 3.05) is 12.4 Å². The van der Waals surface area contributed by atoms with Gasteiger partial charge in [-0.25, -0.2) is 10.2 Å². The number of rotatable bonds is 6. The van der Waals surface area contributed by atoms with Crippen LogP contribution >= 0.6 is 0 Å². The van der Waals surface area contributed by atoms with Crippen LogP contribution in [0.25, 0.3) is 0 Å². The Kier molecular flexibility index (Phi) is 7.54. The second-order valence-electron chi connectivity index (χ2n) is 7.15. The molecule has 0 aliphatic carbocycles. The predicted octanol–water partition coefficient (Wildman–Crippen LogP) is 3.62. The van der Waals surface area contributed by atoms with Gasteiger partial charge in [0.05, 0.1) is 18.9 Å². The summed E-state index contributed by atoms with van der Waals surface area (Å²) in [6.07, 6.45) is 1.34. The van der Waals surface area contributed by atoms with Crippen LogP contribution in [0.5, 0.6) is 11.5 Å². The number of esters is 1. The topological polar surface area (TPSA) is 106 Å². The Morgan fingerprint density at radius 3 is 2.36 bits per heavy atom. The van der Waals surface area contributed by atoms with Crippen LogP contribution in [-0.2, 0) is 9.59 Å². The highest BCUT2D eigenvalue weighted by atomic mass is 16.5. The average molecular weight is 445 g/mol. The molecule has 8 nitrogen and oxygen atoms in total. The van der Waals surface area contributed by atoms with E-state index in [-0.39, 0.29) is 0 Å². The third kappa shape index (κ3) is 6.51. The van der Waals surface area contributed by atoms with E-state index >= 15 is 0 Å². The molecule has 0 fully saturated rings. The number of nitrogens with one attached hydrogen (secondary N) is 2. The summed E-state index contributed by atoms with van der Waals surface area (Å²) in [4.78, 5) is 36.4. The molecule has 3 aromatic rings. The van der Waals surface area contributed by atoms with E-state index in [2.05, 4.69) is 15.8 Å². The Bertz CT molecular complexity index is 1220. The average Bonchev–Trinajstić information content (AvgIpc) is 2.81. The number of carbonyl (C=O) groups excluding carboxylic acids is 3. The van der Waals surface area contributed by atoms with Crippen molar-refractivity contribution >= 4 is 29.7 Å². The molecule has 3 aromatic carbocycles. The van der Waals surface area contributed by atoms with Crippen molar-refractivity contribution < 1.29 is 23.9 Å². The monoisotopic (exact) mass is 445 g/mol. The van der Waals surface area contributed by atoms with Crippen LogP contribution in [-0.4, -0.2) is 31.1 Å². The fourth-order valence-corrected chi connectivity index (χ4v) is 2.80. The molecule has 0 bridgehead atoms. The predicted molar refractivity (Wildman–Crippen MR) is 125 cm³/mol. The molecule has 8 heteroatoms. The second kappa shape index (κ2) is 10.7. The van der Waals surface area contributed by atoms with Crippen molar-refractivity contribution in [1.82, 2.24) is 5.43 Å². The summed E-state index contributed by atoms with van der Waals surface area (Å²) >= 11 is 0. The largest absolute Gasteiger partial charge is 0.497 e. The van der Waals surface area contributed by atoms with Crippen LogP contribution in [0, 0.1) is 13.8 Å². The highest BCUT2D eigenvalue weighted by molar-refractivity contribution is 6.39. The van der Waals surface area contributed by atoms with Crippen LogP contribution in [0.2, 0.25) is 0 Å². The molecular formula is C25H23N3O5. The van der Waals surface area contributed by atoms with Gasteiger partial charge in [0, 0.05) is 5.69 Å². The van der Waals surface area contributed by atoms with Gasteiger partial charge in [-0.1, -0.05) is 24.3 Å². The molecule has 0 aromatic heterocycles. The molecule has 0 heterocycles. The van der Waals surface area contributed by atoms with Gasteiger partial charge < -0.3 is 14.8 Å². The third-order valence-corrected chi connectivity index (χ3v) is 4.72. The van der Waals surface area contributed by atoms with E-state index in [9.17, 15) is 14.4 Å². The molecule has 0 saturated heterocycles. The van der Waals surface area contributed by atoms with Gasteiger partial charge in [0.1, 0.15) is 11.5 Å². The lowest BCUT2D eigenvalue weighted by Gasteiger charge is -2.07. The van der Waals surface area contributed by atoms with Crippen LogP contribution < -0.4 is 20.2 Å². The molecule has 0 atom stereocenters. The van der Waals surface area contributed by atoms with Crippen LogP contribution in [0.1, 0.15) is 27.0 Å². The molecule has 33 heavy (non-hydrogen) atoms. The van der Waals surface area contributed by atoms with E-state index in [4.69, 9.17) is 9.47 Å².